The third kappa shape index (κ3) is 2.88. The summed E-state index contributed by atoms with van der Waals surface area (Å²) in [6.07, 6.45) is -4.24. The summed E-state index contributed by atoms with van der Waals surface area (Å²) in [5, 5.41) is 3.59. The van der Waals surface area contributed by atoms with E-state index in [1.807, 2.05) is 0 Å². The van der Waals surface area contributed by atoms with E-state index in [0.717, 1.165) is 12.1 Å². The van der Waals surface area contributed by atoms with E-state index in [1.165, 1.54) is 18.2 Å². The lowest BCUT2D eigenvalue weighted by molar-refractivity contribution is -0.274. The molecule has 7 heteroatoms. The van der Waals surface area contributed by atoms with Gasteiger partial charge >= 0.3 is 6.36 Å². The van der Waals surface area contributed by atoms with Crippen LogP contribution in [0.3, 0.4) is 0 Å². The van der Waals surface area contributed by atoms with E-state index in [9.17, 15) is 18.0 Å². The number of aldehydes is 1. The van der Waals surface area contributed by atoms with Gasteiger partial charge in [-0.1, -0.05) is 5.16 Å². The van der Waals surface area contributed by atoms with Gasteiger partial charge in [0.05, 0.1) is 0 Å². The van der Waals surface area contributed by atoms with Gasteiger partial charge in [-0.2, -0.15) is 0 Å². The summed E-state index contributed by atoms with van der Waals surface area (Å²) in [4.78, 5) is 10.4. The normalized spacial score (nSPS) is 11.3. The maximum absolute atomic E-state index is 11.9. The van der Waals surface area contributed by atoms with Crippen LogP contribution in [0.1, 0.15) is 10.6 Å². The van der Waals surface area contributed by atoms with Crippen molar-refractivity contribution in [1.29, 1.82) is 0 Å². The van der Waals surface area contributed by atoms with Crippen molar-refractivity contribution in [2.75, 3.05) is 0 Å². The second-order valence-corrected chi connectivity index (χ2v) is 3.30. The van der Waals surface area contributed by atoms with Crippen molar-refractivity contribution in [2.24, 2.45) is 0 Å². The molecule has 4 nitrogen and oxygen atoms in total. The quantitative estimate of drug-likeness (QED) is 0.793. The molecule has 0 unspecified atom stereocenters. The number of carbonyl (C=O) groups is 1. The lowest BCUT2D eigenvalue weighted by Crippen LogP contribution is -2.16. The Labute approximate surface area is 99.0 Å². The second-order valence-electron chi connectivity index (χ2n) is 3.30. The van der Waals surface area contributed by atoms with Crippen molar-refractivity contribution in [1.82, 2.24) is 5.16 Å². The summed E-state index contributed by atoms with van der Waals surface area (Å²) >= 11 is 0. The van der Waals surface area contributed by atoms with E-state index in [2.05, 4.69) is 14.4 Å². The zero-order valence-corrected chi connectivity index (χ0v) is 8.77. The summed E-state index contributed by atoms with van der Waals surface area (Å²) in [5.74, 6) is -0.286. The molecule has 94 valence electrons. The van der Waals surface area contributed by atoms with Crippen LogP contribution >= 0.6 is 0 Å². The van der Waals surface area contributed by atoms with Crippen molar-refractivity contribution < 1.29 is 27.2 Å². The van der Waals surface area contributed by atoms with Crippen LogP contribution in [0.5, 0.6) is 5.75 Å². The first-order valence-corrected chi connectivity index (χ1v) is 4.76. The molecule has 0 amide bonds. The first-order valence-electron chi connectivity index (χ1n) is 4.76. The molecule has 2 rings (SSSR count). The summed E-state index contributed by atoms with van der Waals surface area (Å²) in [6.45, 7) is 0. The minimum absolute atomic E-state index is 0.0422. The van der Waals surface area contributed by atoms with Crippen LogP contribution in [0.2, 0.25) is 0 Å². The Morgan fingerprint density at radius 3 is 2.39 bits per heavy atom. The minimum Gasteiger partial charge on any atom is -0.406 e. The van der Waals surface area contributed by atoms with E-state index < -0.39 is 6.36 Å². The van der Waals surface area contributed by atoms with E-state index in [0.29, 0.717) is 17.5 Å². The van der Waals surface area contributed by atoms with E-state index in [1.54, 1.807) is 0 Å². The molecule has 0 radical (unpaired) electrons. The predicted octanol–water partition coefficient (Wildman–Crippen LogP) is 3.05. The van der Waals surface area contributed by atoms with E-state index in [-0.39, 0.29) is 11.5 Å². The molecule has 18 heavy (non-hydrogen) atoms. The lowest BCUT2D eigenvalue weighted by Gasteiger charge is -2.08. The Bertz CT molecular complexity index is 545. The number of carbonyl (C=O) groups excluding carboxylic acids is 1. The van der Waals surface area contributed by atoms with Gasteiger partial charge in [0, 0.05) is 11.6 Å². The standard InChI is InChI=1S/C11H6F3NO3/c12-11(13,14)17-8-3-1-7(2-4-8)10-5-9(6-16)18-15-10/h1-6H. The zero-order chi connectivity index (χ0) is 13.2. The Kier molecular flexibility index (Phi) is 3.05. The van der Waals surface area contributed by atoms with Crippen LogP contribution in [0.4, 0.5) is 13.2 Å². The molecule has 0 N–H and O–H groups in total. The number of hydrogen-bond donors (Lipinski definition) is 0. The molecule has 0 fully saturated rings. The molecule has 0 saturated heterocycles. The van der Waals surface area contributed by atoms with Gasteiger partial charge in [-0.3, -0.25) is 4.79 Å². The van der Waals surface area contributed by atoms with Gasteiger partial charge in [0.2, 0.25) is 0 Å². The summed E-state index contributed by atoms with van der Waals surface area (Å²) in [6, 6.07) is 6.45. The Balaban J connectivity index is 2.19. The van der Waals surface area contributed by atoms with Crippen LogP contribution in [0.25, 0.3) is 11.3 Å². The molecule has 0 spiro atoms. The number of rotatable bonds is 3. The van der Waals surface area contributed by atoms with E-state index in [4.69, 9.17) is 0 Å². The fraction of sp³-hybridized carbons (Fsp3) is 0.0909. The van der Waals surface area contributed by atoms with Crippen molar-refractivity contribution in [2.45, 2.75) is 6.36 Å². The smallest absolute Gasteiger partial charge is 0.406 e. The predicted molar refractivity (Wildman–Crippen MR) is 54.0 cm³/mol. The Morgan fingerprint density at radius 1 is 1.22 bits per heavy atom. The van der Waals surface area contributed by atoms with Crippen molar-refractivity contribution >= 4 is 6.29 Å². The highest BCUT2D eigenvalue weighted by Crippen LogP contribution is 2.26. The average Bonchev–Trinajstić information content (AvgIpc) is 2.76. The molecular formula is C11H6F3NO3. The fourth-order valence-electron chi connectivity index (χ4n) is 1.31. The lowest BCUT2D eigenvalue weighted by atomic mass is 10.1. The maximum Gasteiger partial charge on any atom is 0.573 e. The van der Waals surface area contributed by atoms with Gasteiger partial charge in [-0.15, -0.1) is 13.2 Å². The molecule has 0 bridgehead atoms. The van der Waals surface area contributed by atoms with Crippen LogP contribution in [0, 0.1) is 0 Å². The van der Waals surface area contributed by atoms with Crippen molar-refractivity contribution in [3.05, 3.63) is 36.1 Å². The highest BCUT2D eigenvalue weighted by Gasteiger charge is 2.30. The molecule has 1 aromatic heterocycles. The second kappa shape index (κ2) is 4.52. The molecule has 1 heterocycles. The summed E-state index contributed by atoms with van der Waals surface area (Å²) in [5.41, 5.74) is 0.872. The number of nitrogens with zero attached hydrogens (tertiary/aromatic N) is 1. The van der Waals surface area contributed by atoms with Gasteiger partial charge in [0.25, 0.3) is 0 Å². The highest BCUT2D eigenvalue weighted by molar-refractivity contribution is 5.73. The number of aromatic nitrogens is 1. The molecule has 2 aromatic rings. The zero-order valence-electron chi connectivity index (χ0n) is 8.77. The molecule has 0 atom stereocenters. The largest absolute Gasteiger partial charge is 0.573 e. The first kappa shape index (κ1) is 12.2. The van der Waals surface area contributed by atoms with E-state index >= 15 is 0 Å². The van der Waals surface area contributed by atoms with Crippen LogP contribution in [-0.4, -0.2) is 17.8 Å². The monoisotopic (exact) mass is 257 g/mol. The number of hydrogen-bond acceptors (Lipinski definition) is 4. The highest BCUT2D eigenvalue weighted by atomic mass is 19.4. The molecule has 0 aliphatic carbocycles. The topological polar surface area (TPSA) is 52.3 Å². The Hall–Kier alpha value is -2.31. The SMILES string of the molecule is O=Cc1cc(-c2ccc(OC(F)(F)F)cc2)no1. The maximum atomic E-state index is 11.9. The Morgan fingerprint density at radius 2 is 1.89 bits per heavy atom. The molecule has 1 aromatic carbocycles. The van der Waals surface area contributed by atoms with Crippen LogP contribution in [-0.2, 0) is 0 Å². The van der Waals surface area contributed by atoms with Gasteiger partial charge in [-0.25, -0.2) is 0 Å². The average molecular weight is 257 g/mol. The number of benzene rings is 1. The van der Waals surface area contributed by atoms with Crippen molar-refractivity contribution in [3.63, 3.8) is 0 Å². The summed E-state index contributed by atoms with van der Waals surface area (Å²) < 4.78 is 44.1. The first-order chi connectivity index (χ1) is 8.48. The molecular weight excluding hydrogens is 251 g/mol. The van der Waals surface area contributed by atoms with Crippen LogP contribution < -0.4 is 4.74 Å². The number of alkyl halides is 3. The molecule has 0 saturated carbocycles. The molecule has 0 aliphatic rings. The fourth-order valence-corrected chi connectivity index (χ4v) is 1.31. The number of halogens is 3. The number of ether oxygens (including phenoxy) is 1. The van der Waals surface area contributed by atoms with Crippen molar-refractivity contribution in [3.8, 4) is 17.0 Å². The van der Waals surface area contributed by atoms with Crippen LogP contribution in [0.15, 0.2) is 34.9 Å². The van der Waals surface area contributed by atoms with Gasteiger partial charge in [-0.05, 0) is 24.3 Å². The van der Waals surface area contributed by atoms with Gasteiger partial charge < -0.3 is 9.26 Å². The molecule has 0 aliphatic heterocycles. The van der Waals surface area contributed by atoms with Gasteiger partial charge in [0.1, 0.15) is 11.4 Å². The third-order valence-corrected chi connectivity index (χ3v) is 2.03. The minimum atomic E-state index is -4.72. The van der Waals surface area contributed by atoms with Gasteiger partial charge in [0.15, 0.2) is 12.0 Å². The summed E-state index contributed by atoms with van der Waals surface area (Å²) in [7, 11) is 0. The third-order valence-electron chi connectivity index (χ3n) is 2.03.